The van der Waals surface area contributed by atoms with Crippen LogP contribution in [0.25, 0.3) is 0 Å². The summed E-state index contributed by atoms with van der Waals surface area (Å²) in [5.74, 6) is 0.783. The minimum Gasteiger partial charge on any atom is -0.496 e. The second-order valence-corrected chi connectivity index (χ2v) is 5.75. The molecule has 0 atom stereocenters. The van der Waals surface area contributed by atoms with Crippen molar-refractivity contribution in [2.24, 2.45) is 0 Å². The standard InChI is InChI=1S/C14H17N3O2S/c1-8(2)13-16-17-14(20-13)15-12(18)10-6-5-9(3)11(7-10)19-4/h5-8H,1-4H3,(H,15,17,18). The Morgan fingerprint density at radius 1 is 1.35 bits per heavy atom. The summed E-state index contributed by atoms with van der Waals surface area (Å²) in [5, 5.41) is 12.2. The van der Waals surface area contributed by atoms with Crippen molar-refractivity contribution >= 4 is 22.4 Å². The van der Waals surface area contributed by atoms with Gasteiger partial charge in [-0.2, -0.15) is 0 Å². The molecule has 6 heteroatoms. The SMILES string of the molecule is COc1cc(C(=O)Nc2nnc(C(C)C)s2)ccc1C. The molecule has 2 rings (SSSR count). The number of aryl methyl sites for hydroxylation is 1. The normalized spacial score (nSPS) is 10.7. The van der Waals surface area contributed by atoms with Crippen LogP contribution in [0.2, 0.25) is 0 Å². The number of hydrogen-bond donors (Lipinski definition) is 1. The predicted molar refractivity (Wildman–Crippen MR) is 79.7 cm³/mol. The molecule has 0 saturated carbocycles. The molecule has 0 aliphatic carbocycles. The number of carbonyl (C=O) groups excluding carboxylic acids is 1. The van der Waals surface area contributed by atoms with E-state index in [4.69, 9.17) is 4.74 Å². The maximum Gasteiger partial charge on any atom is 0.257 e. The van der Waals surface area contributed by atoms with Gasteiger partial charge in [0.2, 0.25) is 5.13 Å². The molecule has 0 aliphatic rings. The maximum atomic E-state index is 12.1. The number of rotatable bonds is 4. The Hall–Kier alpha value is -1.95. The third-order valence-corrected chi connectivity index (χ3v) is 3.96. The summed E-state index contributed by atoms with van der Waals surface area (Å²) in [7, 11) is 1.59. The van der Waals surface area contributed by atoms with Crippen molar-refractivity contribution in [2.75, 3.05) is 12.4 Å². The van der Waals surface area contributed by atoms with E-state index in [1.807, 2.05) is 26.8 Å². The smallest absolute Gasteiger partial charge is 0.257 e. The average Bonchev–Trinajstić information content (AvgIpc) is 2.88. The van der Waals surface area contributed by atoms with Crippen LogP contribution >= 0.6 is 11.3 Å². The third kappa shape index (κ3) is 3.14. The van der Waals surface area contributed by atoms with Crippen LogP contribution in [0.5, 0.6) is 5.75 Å². The quantitative estimate of drug-likeness (QED) is 0.939. The number of ether oxygens (including phenoxy) is 1. The van der Waals surface area contributed by atoms with Crippen LogP contribution in [0.15, 0.2) is 18.2 Å². The first-order valence-corrected chi connectivity index (χ1v) is 7.12. The number of benzene rings is 1. The van der Waals surface area contributed by atoms with Gasteiger partial charge in [0.1, 0.15) is 10.8 Å². The predicted octanol–water partition coefficient (Wildman–Crippen LogP) is 3.23. The fourth-order valence-electron chi connectivity index (χ4n) is 1.65. The zero-order chi connectivity index (χ0) is 14.7. The van der Waals surface area contributed by atoms with Gasteiger partial charge in [0.25, 0.3) is 5.91 Å². The van der Waals surface area contributed by atoms with Gasteiger partial charge in [-0.3, -0.25) is 10.1 Å². The Labute approximate surface area is 122 Å². The van der Waals surface area contributed by atoms with E-state index >= 15 is 0 Å². The molecule has 0 aliphatic heterocycles. The maximum absolute atomic E-state index is 12.1. The number of nitrogens with one attached hydrogen (secondary N) is 1. The average molecular weight is 291 g/mol. The van der Waals surface area contributed by atoms with Gasteiger partial charge in [0.05, 0.1) is 7.11 Å². The summed E-state index contributed by atoms with van der Waals surface area (Å²) in [5.41, 5.74) is 1.52. The first-order chi connectivity index (χ1) is 9.51. The van der Waals surface area contributed by atoms with Crippen molar-refractivity contribution in [2.45, 2.75) is 26.7 Å². The zero-order valence-corrected chi connectivity index (χ0v) is 12.7. The van der Waals surface area contributed by atoms with E-state index in [9.17, 15) is 4.79 Å². The number of anilines is 1. The van der Waals surface area contributed by atoms with E-state index in [2.05, 4.69) is 15.5 Å². The van der Waals surface area contributed by atoms with E-state index in [1.54, 1.807) is 19.2 Å². The minimum atomic E-state index is -0.213. The summed E-state index contributed by atoms with van der Waals surface area (Å²) >= 11 is 1.39. The van der Waals surface area contributed by atoms with E-state index in [-0.39, 0.29) is 5.91 Å². The number of amides is 1. The first-order valence-electron chi connectivity index (χ1n) is 6.30. The Balaban J connectivity index is 2.15. The Morgan fingerprint density at radius 3 is 2.70 bits per heavy atom. The summed E-state index contributed by atoms with van der Waals surface area (Å²) in [6, 6.07) is 5.33. The molecule has 0 fully saturated rings. The molecule has 1 N–H and O–H groups in total. The van der Waals surface area contributed by atoms with Crippen LogP contribution in [0.3, 0.4) is 0 Å². The van der Waals surface area contributed by atoms with Gasteiger partial charge >= 0.3 is 0 Å². The number of carbonyl (C=O) groups is 1. The number of hydrogen-bond acceptors (Lipinski definition) is 5. The van der Waals surface area contributed by atoms with E-state index < -0.39 is 0 Å². The molecule has 0 bridgehead atoms. The molecule has 0 radical (unpaired) electrons. The lowest BCUT2D eigenvalue weighted by Crippen LogP contribution is -2.12. The molecule has 2 aromatic rings. The fourth-order valence-corrected chi connectivity index (χ4v) is 2.39. The van der Waals surface area contributed by atoms with Crippen LogP contribution in [0.4, 0.5) is 5.13 Å². The molecular formula is C14H17N3O2S. The van der Waals surface area contributed by atoms with Crippen LogP contribution in [0.1, 0.15) is 40.7 Å². The summed E-state index contributed by atoms with van der Waals surface area (Å²) < 4.78 is 5.22. The van der Waals surface area contributed by atoms with Crippen LogP contribution in [-0.4, -0.2) is 23.2 Å². The lowest BCUT2D eigenvalue weighted by Gasteiger charge is -2.07. The van der Waals surface area contributed by atoms with Crippen molar-refractivity contribution in [3.05, 3.63) is 34.3 Å². The molecule has 1 amide bonds. The van der Waals surface area contributed by atoms with Gasteiger partial charge in [-0.05, 0) is 24.6 Å². The molecule has 0 saturated heterocycles. The van der Waals surface area contributed by atoms with Crippen LogP contribution < -0.4 is 10.1 Å². The van der Waals surface area contributed by atoms with Crippen molar-refractivity contribution in [3.8, 4) is 5.75 Å². The molecule has 1 heterocycles. The Kier molecular flexibility index (Phi) is 4.34. The lowest BCUT2D eigenvalue weighted by molar-refractivity contribution is 0.102. The Morgan fingerprint density at radius 2 is 2.10 bits per heavy atom. The van der Waals surface area contributed by atoms with Crippen molar-refractivity contribution in [1.29, 1.82) is 0 Å². The van der Waals surface area contributed by atoms with Gasteiger partial charge in [-0.15, -0.1) is 10.2 Å². The van der Waals surface area contributed by atoms with Gasteiger partial charge in [-0.25, -0.2) is 0 Å². The van der Waals surface area contributed by atoms with Gasteiger partial charge in [0.15, 0.2) is 0 Å². The number of aromatic nitrogens is 2. The van der Waals surface area contributed by atoms with Gasteiger partial charge in [0, 0.05) is 11.5 Å². The number of methoxy groups -OCH3 is 1. The molecular weight excluding hydrogens is 274 g/mol. The molecule has 1 aromatic heterocycles. The molecule has 5 nitrogen and oxygen atoms in total. The van der Waals surface area contributed by atoms with Crippen molar-refractivity contribution in [3.63, 3.8) is 0 Å². The lowest BCUT2D eigenvalue weighted by atomic mass is 10.1. The highest BCUT2D eigenvalue weighted by Gasteiger charge is 2.13. The second kappa shape index (κ2) is 6.00. The minimum absolute atomic E-state index is 0.213. The van der Waals surface area contributed by atoms with E-state index in [0.717, 1.165) is 10.6 Å². The van der Waals surface area contributed by atoms with E-state index in [0.29, 0.717) is 22.4 Å². The van der Waals surface area contributed by atoms with Gasteiger partial charge in [-0.1, -0.05) is 31.3 Å². The van der Waals surface area contributed by atoms with E-state index in [1.165, 1.54) is 11.3 Å². The van der Waals surface area contributed by atoms with Gasteiger partial charge < -0.3 is 4.74 Å². The monoisotopic (exact) mass is 291 g/mol. The summed E-state index contributed by atoms with van der Waals surface area (Å²) in [6.45, 7) is 6.01. The zero-order valence-electron chi connectivity index (χ0n) is 11.9. The van der Waals surface area contributed by atoms with Crippen molar-refractivity contribution < 1.29 is 9.53 Å². The third-order valence-electron chi connectivity index (χ3n) is 2.83. The molecule has 0 unspecified atom stereocenters. The molecule has 1 aromatic carbocycles. The molecule has 106 valence electrons. The molecule has 0 spiro atoms. The summed E-state index contributed by atoms with van der Waals surface area (Å²) in [6.07, 6.45) is 0. The highest BCUT2D eigenvalue weighted by molar-refractivity contribution is 7.15. The topological polar surface area (TPSA) is 64.1 Å². The molecule has 20 heavy (non-hydrogen) atoms. The highest BCUT2D eigenvalue weighted by atomic mass is 32.1. The number of nitrogens with zero attached hydrogens (tertiary/aromatic N) is 2. The van der Waals surface area contributed by atoms with Crippen LogP contribution in [0, 0.1) is 6.92 Å². The largest absolute Gasteiger partial charge is 0.496 e. The van der Waals surface area contributed by atoms with Crippen LogP contribution in [-0.2, 0) is 0 Å². The highest BCUT2D eigenvalue weighted by Crippen LogP contribution is 2.24. The second-order valence-electron chi connectivity index (χ2n) is 4.74. The fraction of sp³-hybridized carbons (Fsp3) is 0.357. The summed E-state index contributed by atoms with van der Waals surface area (Å²) in [4.78, 5) is 12.1. The first kappa shape index (κ1) is 14.5. The Bertz CT molecular complexity index is 623. The van der Waals surface area contributed by atoms with Crippen molar-refractivity contribution in [1.82, 2.24) is 10.2 Å².